The third kappa shape index (κ3) is 5.89. The Morgan fingerprint density at radius 1 is 0.343 bits per heavy atom. The molecule has 29 atom stereocenters. The predicted molar refractivity (Wildman–Crippen MR) is 210 cm³/mol. The average Bonchev–Trinajstić information content (AvgIpc) is 4.13. The van der Waals surface area contributed by atoms with Gasteiger partial charge in [-0.25, -0.2) is 30.7 Å². The van der Waals surface area contributed by atoms with Crippen LogP contribution < -0.4 is 0 Å². The van der Waals surface area contributed by atoms with E-state index < -0.39 is 153 Å². The van der Waals surface area contributed by atoms with E-state index in [1.165, 1.54) is 13.8 Å². The van der Waals surface area contributed by atoms with E-state index in [1.54, 1.807) is 13.8 Å². The van der Waals surface area contributed by atoms with E-state index >= 15 is 0 Å². The molecule has 0 unspecified atom stereocenters. The Morgan fingerprint density at radius 3 is 0.970 bits per heavy atom. The van der Waals surface area contributed by atoms with Crippen molar-refractivity contribution in [3.63, 3.8) is 0 Å². The van der Waals surface area contributed by atoms with Gasteiger partial charge in [0.2, 0.25) is 0 Å². The van der Waals surface area contributed by atoms with E-state index in [0.29, 0.717) is 32.1 Å². The number of ether oxygens (including phenoxy) is 5. The van der Waals surface area contributed by atoms with Crippen molar-refractivity contribution >= 4 is 0 Å². The van der Waals surface area contributed by atoms with Crippen LogP contribution in [0.15, 0.2) is 0 Å². The van der Waals surface area contributed by atoms with Gasteiger partial charge in [0.05, 0.1) is 47.3 Å². The third-order valence-electron chi connectivity index (χ3n) is 19.2. The molecule has 15 aliphatic rings. The fraction of sp³-hybridized carbons (Fsp3) is 1.00. The van der Waals surface area contributed by atoms with Crippen LogP contribution in [0.25, 0.3) is 0 Å². The lowest BCUT2D eigenvalue weighted by Crippen LogP contribution is -2.47. The van der Waals surface area contributed by atoms with Gasteiger partial charge < -0.3 is 74.7 Å². The Kier molecular flexibility index (Phi) is 9.60. The van der Waals surface area contributed by atoms with Crippen LogP contribution in [0.3, 0.4) is 0 Å². The van der Waals surface area contributed by atoms with E-state index in [4.69, 9.17) is 23.7 Å². The maximum Gasteiger partial charge on any atom is 0.157 e. The molecule has 5 saturated heterocycles. The lowest BCUT2D eigenvalue weighted by molar-refractivity contribution is -0.0987. The highest BCUT2D eigenvalue weighted by Gasteiger charge is 2.89. The molecule has 22 heteroatoms. The molecule has 0 aromatic heterocycles. The Bertz CT molecular complexity index is 2000. The zero-order valence-electron chi connectivity index (χ0n) is 37.7. The second-order valence-corrected chi connectivity index (χ2v) is 24.0. The van der Waals surface area contributed by atoms with Crippen LogP contribution in [0.2, 0.25) is 0 Å². The Morgan fingerprint density at radius 2 is 0.642 bits per heavy atom. The first kappa shape index (κ1) is 48.2. The fourth-order valence-electron chi connectivity index (χ4n) is 15.3. The van der Waals surface area contributed by atoms with E-state index in [1.807, 2.05) is 6.92 Å². The SMILES string of the molecule is C[C@@H]1O[C@@H]2[C@@]3(O)C[C@H]3C[C@]2(O)[C@@H]1F.C[C@@H]1O[C@@H]2[C@@]3(O)C[C@H]3C[C@]2(O)[C@H]1F.C[C@@H]1O[C@H]2[C@](O)(C[C@]3(F)C[C@]23O)[C@@H]1F.C[C@@H]1O[C@H]2[C@](O)(C[C@]3(F)C[C@]23O)[C@H]1F.C[C@H]1C[C@@]2(O)C[C@]3(F)C[C@]3(O)[C@H]2O1. The molecule has 0 aromatic rings. The minimum absolute atomic E-state index is 0.0332. The minimum Gasteiger partial charge on any atom is -0.387 e. The van der Waals surface area contributed by atoms with Crippen LogP contribution in [-0.4, -0.2) is 210 Å². The van der Waals surface area contributed by atoms with Gasteiger partial charge in [0, 0.05) is 44.9 Å². The maximum absolute atomic E-state index is 13.7. The van der Waals surface area contributed by atoms with Gasteiger partial charge in [0.15, 0.2) is 24.7 Å². The first-order chi connectivity index (χ1) is 30.5. The normalized spacial score (nSPS) is 69.8. The molecule has 0 amide bonds. The Balaban J connectivity index is 0.0000000922. The van der Waals surface area contributed by atoms with Gasteiger partial charge in [-0.05, 0) is 72.1 Å². The smallest absolute Gasteiger partial charge is 0.157 e. The third-order valence-corrected chi connectivity index (χ3v) is 19.2. The molecule has 15 rings (SSSR count). The molecule has 15 nitrogen and oxygen atoms in total. The van der Waals surface area contributed by atoms with E-state index in [0.717, 1.165) is 0 Å². The van der Waals surface area contributed by atoms with Crippen molar-refractivity contribution in [3.05, 3.63) is 0 Å². The number of rotatable bonds is 0. The molecule has 15 fully saturated rings. The molecule has 10 aliphatic carbocycles. The average molecular weight is 977 g/mol. The summed E-state index contributed by atoms with van der Waals surface area (Å²) in [5.74, 6) is 0.0986. The Hall–Kier alpha value is -1.09. The summed E-state index contributed by atoms with van der Waals surface area (Å²) in [7, 11) is 0. The molecule has 5 heterocycles. The fourth-order valence-corrected chi connectivity index (χ4v) is 15.3. The molecular formula is C45H63F7O15. The van der Waals surface area contributed by atoms with Gasteiger partial charge in [-0.3, -0.25) is 0 Å². The second-order valence-electron chi connectivity index (χ2n) is 24.0. The van der Waals surface area contributed by atoms with Gasteiger partial charge in [-0.1, -0.05) is 0 Å². The largest absolute Gasteiger partial charge is 0.387 e. The molecule has 0 radical (unpaired) electrons. The molecule has 0 bridgehead atoms. The number of halogens is 7. The van der Waals surface area contributed by atoms with E-state index in [-0.39, 0.29) is 56.5 Å². The van der Waals surface area contributed by atoms with Crippen molar-refractivity contribution in [2.75, 3.05) is 0 Å². The van der Waals surface area contributed by atoms with Crippen molar-refractivity contribution in [1.29, 1.82) is 0 Å². The van der Waals surface area contributed by atoms with Crippen molar-refractivity contribution in [3.8, 4) is 0 Å². The second kappa shape index (κ2) is 13.4. The van der Waals surface area contributed by atoms with Gasteiger partial charge in [-0.15, -0.1) is 0 Å². The van der Waals surface area contributed by atoms with Crippen LogP contribution in [0.1, 0.15) is 105 Å². The molecular weight excluding hydrogens is 913 g/mol. The van der Waals surface area contributed by atoms with E-state index in [9.17, 15) is 81.8 Å². The highest BCUT2D eigenvalue weighted by Crippen LogP contribution is 2.72. The van der Waals surface area contributed by atoms with Crippen molar-refractivity contribution in [1.82, 2.24) is 0 Å². The molecule has 0 spiro atoms. The van der Waals surface area contributed by atoms with Gasteiger partial charge in [-0.2, -0.15) is 0 Å². The first-order valence-corrected chi connectivity index (χ1v) is 23.7. The molecule has 0 aromatic carbocycles. The molecule has 10 N–H and O–H groups in total. The van der Waals surface area contributed by atoms with Gasteiger partial charge >= 0.3 is 0 Å². The summed E-state index contributed by atoms with van der Waals surface area (Å²) in [6, 6.07) is 0. The summed E-state index contributed by atoms with van der Waals surface area (Å²) in [6.45, 7) is 7.99. The number of hydrogen-bond donors (Lipinski definition) is 10. The van der Waals surface area contributed by atoms with Gasteiger partial charge in [0.1, 0.15) is 86.7 Å². The standard InChI is InChI=1S/2C9H12F2O3.3C9H13FO3/c2*1-4-5(10)8(12)2-7(11)3-9(7,13)6(8)14-4;1-5-2-7(11)3-8(10)4-9(8,12)6(7)13-5;2*1-4-6(10)9(12)3-5-2-8(5,11)7(9)13-4/h2*4-6,12-13H,2-3H2,1H3;5-6,11-12H,2-4H2,1H3;2*4-7,11-12H,2-3H2,1H3/t4-,5+,6-,7-,8-,9-;4-,5-,6-,7-,8-,9-;5-,6-,7+,8-,9-;4-,5-,6+,7+,8+,9-;4-,5-,6-,7+,8+,9-/m00000/s1. The monoisotopic (exact) mass is 976 g/mol. The van der Waals surface area contributed by atoms with Crippen LogP contribution >= 0.6 is 0 Å². The van der Waals surface area contributed by atoms with Crippen LogP contribution in [0.4, 0.5) is 30.7 Å². The number of fused-ring (bicyclic) bond motifs is 15. The Labute approximate surface area is 380 Å². The zero-order valence-corrected chi connectivity index (χ0v) is 37.7. The maximum atomic E-state index is 13.7. The lowest BCUT2D eigenvalue weighted by atomic mass is 9.90. The molecule has 382 valence electrons. The highest BCUT2D eigenvalue weighted by atomic mass is 19.2. The first-order valence-electron chi connectivity index (χ1n) is 23.7. The van der Waals surface area contributed by atoms with Crippen molar-refractivity contribution in [2.24, 2.45) is 11.8 Å². The zero-order chi connectivity index (χ0) is 49.1. The number of hydrogen-bond acceptors (Lipinski definition) is 15. The summed E-state index contributed by atoms with van der Waals surface area (Å²) in [5.41, 5.74) is -19.4. The lowest BCUT2D eigenvalue weighted by Gasteiger charge is -2.26. The topological polar surface area (TPSA) is 248 Å². The van der Waals surface area contributed by atoms with Crippen molar-refractivity contribution in [2.45, 2.75) is 264 Å². The molecule has 67 heavy (non-hydrogen) atoms. The quantitative estimate of drug-likeness (QED) is 0.147. The minimum atomic E-state index is -1.84. The summed E-state index contributed by atoms with van der Waals surface area (Å²) in [6.07, 6.45) is -11.3. The summed E-state index contributed by atoms with van der Waals surface area (Å²) < 4.78 is 121. The van der Waals surface area contributed by atoms with Crippen LogP contribution in [0.5, 0.6) is 0 Å². The van der Waals surface area contributed by atoms with Gasteiger partial charge in [0.25, 0.3) is 0 Å². The highest BCUT2D eigenvalue weighted by molar-refractivity contribution is 5.38. The number of aliphatic hydroxyl groups is 10. The molecule has 5 aliphatic heterocycles. The summed E-state index contributed by atoms with van der Waals surface area (Å²) >= 11 is 0. The predicted octanol–water partition coefficient (Wildman–Crippen LogP) is 0.316. The van der Waals surface area contributed by atoms with Crippen LogP contribution in [0, 0.1) is 11.8 Å². The van der Waals surface area contributed by atoms with Crippen molar-refractivity contribution < 1.29 is 105 Å². The number of alkyl halides is 7. The summed E-state index contributed by atoms with van der Waals surface area (Å²) in [5, 5.41) is 98.9. The van der Waals surface area contributed by atoms with Crippen LogP contribution in [-0.2, 0) is 23.7 Å². The summed E-state index contributed by atoms with van der Waals surface area (Å²) in [4.78, 5) is 0. The molecule has 10 saturated carbocycles. The van der Waals surface area contributed by atoms with E-state index in [2.05, 4.69) is 0 Å².